The maximum Gasteiger partial charge on any atom is 0.0409 e. The molecule has 1 heteroatoms. The number of rotatable bonds is 17. The highest BCUT2D eigenvalue weighted by Gasteiger charge is 2.03. The van der Waals surface area contributed by atoms with E-state index >= 15 is 0 Å². The number of nitrogens with zero attached hydrogens (tertiary/aromatic N) is 1. The summed E-state index contributed by atoms with van der Waals surface area (Å²) < 4.78 is 0. The van der Waals surface area contributed by atoms with Gasteiger partial charge < -0.3 is 0 Å². The van der Waals surface area contributed by atoms with E-state index in [1.165, 1.54) is 120 Å². The zero-order valence-electron chi connectivity index (χ0n) is 18.1. The van der Waals surface area contributed by atoms with Crippen LogP contribution in [0.15, 0.2) is 12.1 Å². The molecule has 26 heavy (non-hydrogen) atoms. The molecule has 0 amide bonds. The Kier molecular flexibility index (Phi) is 14.6. The van der Waals surface area contributed by atoms with Crippen molar-refractivity contribution in [2.45, 2.75) is 130 Å². The zero-order chi connectivity index (χ0) is 18.9. The first-order valence-electron chi connectivity index (χ1n) is 11.8. The van der Waals surface area contributed by atoms with Crippen LogP contribution < -0.4 is 0 Å². The molecule has 1 nitrogen and oxygen atoms in total. The smallest absolute Gasteiger partial charge is 0.0409 e. The van der Waals surface area contributed by atoms with Crippen LogP contribution in [0.1, 0.15) is 128 Å². The maximum atomic E-state index is 4.98. The summed E-state index contributed by atoms with van der Waals surface area (Å²) in [5.41, 5.74) is 4.17. The predicted octanol–water partition coefficient (Wildman–Crippen LogP) is 8.23. The lowest BCUT2D eigenvalue weighted by Gasteiger charge is -2.09. The predicted molar refractivity (Wildman–Crippen MR) is 117 cm³/mol. The second-order valence-electron chi connectivity index (χ2n) is 8.05. The second kappa shape index (κ2) is 16.3. The fourth-order valence-corrected chi connectivity index (χ4v) is 3.71. The molecule has 0 atom stereocenters. The average molecular weight is 360 g/mol. The minimum absolute atomic E-state index is 1.14. The Morgan fingerprint density at radius 1 is 0.538 bits per heavy atom. The molecule has 0 saturated heterocycles. The van der Waals surface area contributed by atoms with Crippen molar-refractivity contribution in [2.75, 3.05) is 0 Å². The molecule has 1 aromatic rings. The fraction of sp³-hybridized carbons (Fsp3) is 0.800. The molecule has 150 valence electrons. The van der Waals surface area contributed by atoms with Crippen LogP contribution in [0.25, 0.3) is 0 Å². The molecule has 0 bridgehead atoms. The highest BCUT2D eigenvalue weighted by molar-refractivity contribution is 5.22. The van der Waals surface area contributed by atoms with E-state index in [0.29, 0.717) is 0 Å². The van der Waals surface area contributed by atoms with Gasteiger partial charge in [-0.1, -0.05) is 97.8 Å². The van der Waals surface area contributed by atoms with Crippen LogP contribution in [0.4, 0.5) is 0 Å². The number of pyridine rings is 1. The van der Waals surface area contributed by atoms with Gasteiger partial charge in [0.15, 0.2) is 0 Å². The summed E-state index contributed by atoms with van der Waals surface area (Å²) in [6.45, 7) is 6.84. The lowest BCUT2D eigenvalue weighted by Crippen LogP contribution is -1.99. The van der Waals surface area contributed by atoms with Gasteiger partial charge in [0.1, 0.15) is 0 Å². The Bertz CT molecular complexity index is 402. The lowest BCUT2D eigenvalue weighted by atomic mass is 10.0. The number of hydrogen-bond donors (Lipinski definition) is 0. The molecule has 0 aliphatic heterocycles. The van der Waals surface area contributed by atoms with Gasteiger partial charge in [0.25, 0.3) is 0 Å². The highest BCUT2D eigenvalue weighted by Crippen LogP contribution is 2.15. The van der Waals surface area contributed by atoms with Gasteiger partial charge in [0, 0.05) is 11.4 Å². The van der Waals surface area contributed by atoms with E-state index in [1.54, 1.807) is 0 Å². The van der Waals surface area contributed by atoms with Crippen LogP contribution in [0.5, 0.6) is 0 Å². The Hall–Kier alpha value is -0.850. The van der Waals surface area contributed by atoms with E-state index in [0.717, 1.165) is 6.42 Å². The van der Waals surface area contributed by atoms with Crippen LogP contribution in [0.3, 0.4) is 0 Å². The van der Waals surface area contributed by atoms with E-state index in [4.69, 9.17) is 4.98 Å². The van der Waals surface area contributed by atoms with E-state index < -0.39 is 0 Å². The summed E-state index contributed by atoms with van der Waals surface area (Å²) in [7, 11) is 0. The average Bonchev–Trinajstić information content (AvgIpc) is 2.66. The molecular formula is C25H45N. The van der Waals surface area contributed by atoms with Crippen molar-refractivity contribution in [3.05, 3.63) is 29.1 Å². The van der Waals surface area contributed by atoms with Crippen molar-refractivity contribution in [3.8, 4) is 0 Å². The Labute approximate surface area is 164 Å². The van der Waals surface area contributed by atoms with E-state index in [2.05, 4.69) is 32.9 Å². The molecule has 0 aliphatic carbocycles. The minimum Gasteiger partial charge on any atom is -0.258 e. The van der Waals surface area contributed by atoms with E-state index in [-0.39, 0.29) is 0 Å². The van der Waals surface area contributed by atoms with Crippen molar-refractivity contribution in [3.63, 3.8) is 0 Å². The quantitative estimate of drug-likeness (QED) is 0.255. The van der Waals surface area contributed by atoms with Gasteiger partial charge >= 0.3 is 0 Å². The largest absolute Gasteiger partial charge is 0.258 e. The molecule has 1 heterocycles. The third kappa shape index (κ3) is 11.7. The standard InChI is InChI=1S/C25H45N/c1-4-7-9-11-13-15-17-19-24-21-23(6-3)22-25(26-24)20-18-16-14-12-10-8-5-2/h21-22H,4-20H2,1-3H3. The summed E-state index contributed by atoms with van der Waals surface area (Å²) in [6.07, 6.45) is 22.8. The molecule has 0 aromatic carbocycles. The van der Waals surface area contributed by atoms with Gasteiger partial charge in [0.05, 0.1) is 0 Å². The SMILES string of the molecule is CCCCCCCCCc1cc(CC)cc(CCCCCCCCC)n1. The first-order chi connectivity index (χ1) is 12.8. The number of aromatic nitrogens is 1. The Morgan fingerprint density at radius 2 is 0.923 bits per heavy atom. The number of hydrogen-bond acceptors (Lipinski definition) is 1. The molecule has 1 rings (SSSR count). The second-order valence-corrected chi connectivity index (χ2v) is 8.05. The molecule has 0 saturated carbocycles. The highest BCUT2D eigenvalue weighted by atomic mass is 14.7. The number of aryl methyl sites for hydroxylation is 3. The first-order valence-corrected chi connectivity index (χ1v) is 11.8. The van der Waals surface area contributed by atoms with Crippen molar-refractivity contribution in [1.82, 2.24) is 4.98 Å². The van der Waals surface area contributed by atoms with E-state index in [1.807, 2.05) is 0 Å². The summed E-state index contributed by atoms with van der Waals surface area (Å²) in [6, 6.07) is 4.71. The van der Waals surface area contributed by atoms with Crippen molar-refractivity contribution >= 4 is 0 Å². The zero-order valence-corrected chi connectivity index (χ0v) is 18.1. The Balaban J connectivity index is 2.28. The Morgan fingerprint density at radius 3 is 1.31 bits per heavy atom. The molecule has 0 radical (unpaired) electrons. The molecule has 1 aromatic heterocycles. The molecule has 0 spiro atoms. The summed E-state index contributed by atoms with van der Waals surface area (Å²) >= 11 is 0. The van der Waals surface area contributed by atoms with Gasteiger partial charge in [-0.15, -0.1) is 0 Å². The third-order valence-corrected chi connectivity index (χ3v) is 5.47. The van der Waals surface area contributed by atoms with Gasteiger partial charge in [-0.05, 0) is 49.8 Å². The van der Waals surface area contributed by atoms with Crippen molar-refractivity contribution < 1.29 is 0 Å². The van der Waals surface area contributed by atoms with Gasteiger partial charge in [-0.25, -0.2) is 0 Å². The molecule has 0 fully saturated rings. The van der Waals surface area contributed by atoms with Crippen molar-refractivity contribution in [1.29, 1.82) is 0 Å². The molecular weight excluding hydrogens is 314 g/mol. The summed E-state index contributed by atoms with van der Waals surface area (Å²) in [4.78, 5) is 4.98. The summed E-state index contributed by atoms with van der Waals surface area (Å²) in [5.74, 6) is 0. The van der Waals surface area contributed by atoms with Crippen LogP contribution in [-0.4, -0.2) is 4.98 Å². The fourth-order valence-electron chi connectivity index (χ4n) is 3.71. The van der Waals surface area contributed by atoms with E-state index in [9.17, 15) is 0 Å². The van der Waals surface area contributed by atoms with Gasteiger partial charge in [0.2, 0.25) is 0 Å². The molecule has 0 aliphatic rings. The lowest BCUT2D eigenvalue weighted by molar-refractivity contribution is 0.582. The van der Waals surface area contributed by atoms with Crippen molar-refractivity contribution in [2.24, 2.45) is 0 Å². The number of unbranched alkanes of at least 4 members (excludes halogenated alkanes) is 12. The topological polar surface area (TPSA) is 12.9 Å². The van der Waals surface area contributed by atoms with Gasteiger partial charge in [-0.2, -0.15) is 0 Å². The van der Waals surface area contributed by atoms with Gasteiger partial charge in [-0.3, -0.25) is 4.98 Å². The maximum absolute atomic E-state index is 4.98. The van der Waals surface area contributed by atoms with Crippen LogP contribution in [0, 0.1) is 0 Å². The van der Waals surface area contributed by atoms with Crippen LogP contribution in [-0.2, 0) is 19.3 Å². The molecule has 0 N–H and O–H groups in total. The van der Waals surface area contributed by atoms with Crippen LogP contribution in [0.2, 0.25) is 0 Å². The molecule has 0 unspecified atom stereocenters. The third-order valence-electron chi connectivity index (χ3n) is 5.47. The van der Waals surface area contributed by atoms with Crippen LogP contribution >= 0.6 is 0 Å². The minimum atomic E-state index is 1.14. The first kappa shape index (κ1) is 23.2. The summed E-state index contributed by atoms with van der Waals surface area (Å²) in [5, 5.41) is 0. The normalized spacial score (nSPS) is 11.2. The monoisotopic (exact) mass is 359 g/mol.